The molecule has 0 aliphatic heterocycles. The van der Waals surface area contributed by atoms with Gasteiger partial charge in [0.2, 0.25) is 10.0 Å². The van der Waals surface area contributed by atoms with Gasteiger partial charge in [-0.1, -0.05) is 17.9 Å². The van der Waals surface area contributed by atoms with Crippen molar-refractivity contribution in [2.45, 2.75) is 4.90 Å². The van der Waals surface area contributed by atoms with Crippen LogP contribution in [0, 0.1) is 11.8 Å². The third-order valence-electron chi connectivity index (χ3n) is 2.43. The summed E-state index contributed by atoms with van der Waals surface area (Å²) in [7, 11) is -1.31. The molecule has 0 bridgehead atoms. The molecule has 1 rings (SSSR count). The minimum atomic E-state index is -3.79. The van der Waals surface area contributed by atoms with E-state index < -0.39 is 16.0 Å². The number of nitrogens with zero attached hydrogens (tertiary/aromatic N) is 1. The number of aliphatic hydroxyl groups excluding tert-OH is 1. The maximum Gasteiger partial charge on any atom is 0.321 e. The van der Waals surface area contributed by atoms with E-state index in [4.69, 9.17) is 5.11 Å². The smallest absolute Gasteiger partial charge is 0.321 e. The Hall–Kier alpha value is -1.88. The third-order valence-corrected chi connectivity index (χ3v) is 4.23. The summed E-state index contributed by atoms with van der Waals surface area (Å²) in [6, 6.07) is 5.96. The van der Waals surface area contributed by atoms with Crippen LogP contribution in [0.15, 0.2) is 29.2 Å². The summed E-state index contributed by atoms with van der Waals surface area (Å²) >= 11 is 0. The van der Waals surface area contributed by atoms with Crippen molar-refractivity contribution in [1.29, 1.82) is 0 Å². The topological polar surface area (TPSA) is 83.9 Å². The largest absolute Gasteiger partial charge is 0.468 e. The monoisotopic (exact) mass is 297 g/mol. The van der Waals surface area contributed by atoms with Crippen molar-refractivity contribution >= 4 is 16.0 Å². The lowest BCUT2D eigenvalue weighted by Gasteiger charge is -2.15. The van der Waals surface area contributed by atoms with Crippen molar-refractivity contribution in [3.8, 4) is 11.8 Å². The van der Waals surface area contributed by atoms with Gasteiger partial charge in [0.1, 0.15) is 13.2 Å². The molecule has 0 fully saturated rings. The number of likely N-dealkylation sites (N-methyl/N-ethyl adjacent to an activating group) is 1. The van der Waals surface area contributed by atoms with E-state index in [9.17, 15) is 13.2 Å². The molecule has 0 spiro atoms. The number of benzene rings is 1. The molecule has 1 aromatic rings. The molecule has 0 amide bonds. The van der Waals surface area contributed by atoms with Crippen LogP contribution in [0.1, 0.15) is 5.56 Å². The Morgan fingerprint density at radius 1 is 1.45 bits per heavy atom. The van der Waals surface area contributed by atoms with Gasteiger partial charge in [-0.05, 0) is 18.2 Å². The molecule has 0 heterocycles. The summed E-state index contributed by atoms with van der Waals surface area (Å²) in [5, 5.41) is 8.62. The van der Waals surface area contributed by atoms with E-state index in [2.05, 4.69) is 16.6 Å². The minimum absolute atomic E-state index is 0.0219. The molecule has 1 N–H and O–H groups in total. The standard InChI is InChI=1S/C13H15NO5S/c1-14(10-13(16)19-2)20(17,18)12-7-3-5-11(9-12)6-4-8-15/h3,5,7,9,15H,8,10H2,1-2H3. The average molecular weight is 297 g/mol. The van der Waals surface area contributed by atoms with E-state index in [1.54, 1.807) is 12.1 Å². The van der Waals surface area contributed by atoms with Crippen LogP contribution in [-0.4, -0.2) is 51.1 Å². The fourth-order valence-corrected chi connectivity index (χ4v) is 2.55. The van der Waals surface area contributed by atoms with Crippen LogP contribution < -0.4 is 0 Å². The van der Waals surface area contributed by atoms with Crippen molar-refractivity contribution in [2.24, 2.45) is 0 Å². The first-order valence-corrected chi connectivity index (χ1v) is 7.08. The molecular formula is C13H15NO5S. The molecule has 7 heteroatoms. The Morgan fingerprint density at radius 3 is 2.75 bits per heavy atom. The van der Waals surface area contributed by atoms with Gasteiger partial charge in [-0.3, -0.25) is 4.79 Å². The van der Waals surface area contributed by atoms with Gasteiger partial charge in [0.15, 0.2) is 0 Å². The van der Waals surface area contributed by atoms with Crippen LogP contribution >= 0.6 is 0 Å². The third kappa shape index (κ3) is 4.06. The average Bonchev–Trinajstić information content (AvgIpc) is 2.45. The van der Waals surface area contributed by atoms with E-state index >= 15 is 0 Å². The number of rotatable bonds is 4. The Kier molecular flexibility index (Phi) is 5.70. The van der Waals surface area contributed by atoms with E-state index in [-0.39, 0.29) is 18.0 Å². The lowest BCUT2D eigenvalue weighted by atomic mass is 10.2. The molecular weight excluding hydrogens is 282 g/mol. The van der Waals surface area contributed by atoms with Gasteiger partial charge in [0, 0.05) is 12.6 Å². The number of esters is 1. The van der Waals surface area contributed by atoms with Gasteiger partial charge >= 0.3 is 5.97 Å². The van der Waals surface area contributed by atoms with Gasteiger partial charge in [-0.25, -0.2) is 8.42 Å². The summed E-state index contributed by atoms with van der Waals surface area (Å²) in [6.45, 7) is -0.676. The molecule has 20 heavy (non-hydrogen) atoms. The van der Waals surface area contributed by atoms with Crippen LogP contribution in [-0.2, 0) is 19.6 Å². The van der Waals surface area contributed by atoms with E-state index in [1.165, 1.54) is 26.3 Å². The second-order valence-corrected chi connectivity index (χ2v) is 5.87. The molecule has 0 aromatic heterocycles. The van der Waals surface area contributed by atoms with Gasteiger partial charge in [0.25, 0.3) is 0 Å². The predicted molar refractivity (Wildman–Crippen MR) is 72.2 cm³/mol. The number of hydrogen-bond acceptors (Lipinski definition) is 5. The number of methoxy groups -OCH3 is 1. The highest BCUT2D eigenvalue weighted by molar-refractivity contribution is 7.89. The molecule has 0 aliphatic rings. The first-order chi connectivity index (χ1) is 9.41. The van der Waals surface area contributed by atoms with Crippen molar-refractivity contribution in [3.05, 3.63) is 29.8 Å². The molecule has 0 radical (unpaired) electrons. The van der Waals surface area contributed by atoms with Crippen molar-refractivity contribution < 1.29 is 23.1 Å². The van der Waals surface area contributed by atoms with Crippen LogP contribution in [0.3, 0.4) is 0 Å². The number of carbonyl (C=O) groups excluding carboxylic acids is 1. The highest BCUT2D eigenvalue weighted by Crippen LogP contribution is 2.15. The highest BCUT2D eigenvalue weighted by Gasteiger charge is 2.23. The zero-order valence-electron chi connectivity index (χ0n) is 11.2. The van der Waals surface area contributed by atoms with Crippen molar-refractivity contribution in [3.63, 3.8) is 0 Å². The summed E-state index contributed by atoms with van der Waals surface area (Å²) in [6.07, 6.45) is 0. The van der Waals surface area contributed by atoms with E-state index in [0.717, 1.165) is 4.31 Å². The fourth-order valence-electron chi connectivity index (χ4n) is 1.39. The Morgan fingerprint density at radius 2 is 2.15 bits per heavy atom. The molecule has 0 saturated carbocycles. The van der Waals surface area contributed by atoms with Gasteiger partial charge in [-0.2, -0.15) is 4.31 Å². The summed E-state index contributed by atoms with van der Waals surface area (Å²) in [4.78, 5) is 11.2. The molecule has 108 valence electrons. The van der Waals surface area contributed by atoms with Gasteiger partial charge in [0.05, 0.1) is 12.0 Å². The first-order valence-electron chi connectivity index (χ1n) is 5.64. The molecule has 0 aliphatic carbocycles. The second-order valence-electron chi connectivity index (χ2n) is 3.82. The van der Waals surface area contributed by atoms with E-state index in [0.29, 0.717) is 5.56 Å². The van der Waals surface area contributed by atoms with Crippen LogP contribution in [0.4, 0.5) is 0 Å². The number of aliphatic hydroxyl groups is 1. The minimum Gasteiger partial charge on any atom is -0.468 e. The first kappa shape index (κ1) is 16.2. The number of hydrogen-bond donors (Lipinski definition) is 1. The van der Waals surface area contributed by atoms with Crippen LogP contribution in [0.25, 0.3) is 0 Å². The summed E-state index contributed by atoms with van der Waals surface area (Å²) in [5.74, 6) is 4.41. The molecule has 0 unspecified atom stereocenters. The SMILES string of the molecule is COC(=O)CN(C)S(=O)(=O)c1cccc(C#CCO)c1. The second kappa shape index (κ2) is 7.05. The van der Waals surface area contributed by atoms with Crippen LogP contribution in [0.2, 0.25) is 0 Å². The molecule has 6 nitrogen and oxygen atoms in total. The van der Waals surface area contributed by atoms with E-state index in [1.807, 2.05) is 0 Å². The van der Waals surface area contributed by atoms with Gasteiger partial charge < -0.3 is 9.84 Å². The van der Waals surface area contributed by atoms with Crippen LogP contribution in [0.5, 0.6) is 0 Å². The quantitative estimate of drug-likeness (QED) is 0.616. The highest BCUT2D eigenvalue weighted by atomic mass is 32.2. The van der Waals surface area contributed by atoms with Gasteiger partial charge in [-0.15, -0.1) is 0 Å². The summed E-state index contributed by atoms with van der Waals surface area (Å²) < 4.78 is 29.8. The number of carbonyl (C=O) groups is 1. The Bertz CT molecular complexity index is 642. The maximum absolute atomic E-state index is 12.2. The molecule has 0 saturated heterocycles. The number of sulfonamides is 1. The molecule has 0 atom stereocenters. The van der Waals surface area contributed by atoms with Crippen molar-refractivity contribution in [1.82, 2.24) is 4.31 Å². The lowest BCUT2D eigenvalue weighted by Crippen LogP contribution is -2.32. The Balaban J connectivity index is 3.06. The Labute approximate surface area is 118 Å². The lowest BCUT2D eigenvalue weighted by molar-refractivity contribution is -0.140. The zero-order chi connectivity index (χ0) is 15.2. The maximum atomic E-state index is 12.2. The number of ether oxygens (including phenoxy) is 1. The fraction of sp³-hybridized carbons (Fsp3) is 0.308. The zero-order valence-corrected chi connectivity index (χ0v) is 12.0. The molecule has 1 aromatic carbocycles. The van der Waals surface area contributed by atoms with Crippen molar-refractivity contribution in [2.75, 3.05) is 27.3 Å². The normalized spacial score (nSPS) is 10.8. The predicted octanol–water partition coefficient (Wildman–Crippen LogP) is -0.176. The summed E-state index contributed by atoms with van der Waals surface area (Å²) in [5.41, 5.74) is 0.464.